The third kappa shape index (κ3) is 76.8. The summed E-state index contributed by atoms with van der Waals surface area (Å²) in [6.45, 7) is 7.31. The van der Waals surface area contributed by atoms with E-state index in [2.05, 4.69) is 34.6 Å². The Morgan fingerprint density at radius 3 is 0.683 bits per heavy atom. The third-order valence-corrected chi connectivity index (χ3v) is 22.3. The summed E-state index contributed by atoms with van der Waals surface area (Å²) in [5, 5.41) is 10.6. The second-order valence-corrected chi connectivity index (χ2v) is 33.7. The van der Waals surface area contributed by atoms with Crippen LogP contribution in [0.15, 0.2) is 0 Å². The molecule has 618 valence electrons. The maximum absolute atomic E-state index is 13.1. The van der Waals surface area contributed by atoms with Crippen LogP contribution in [0.25, 0.3) is 0 Å². The number of aliphatic hydroxyl groups excluding tert-OH is 1. The molecule has 17 nitrogen and oxygen atoms in total. The molecule has 0 rings (SSSR count). The minimum absolute atomic E-state index is 0.105. The van der Waals surface area contributed by atoms with E-state index in [1.165, 1.54) is 276 Å². The van der Waals surface area contributed by atoms with Crippen LogP contribution in [0, 0.1) is 5.92 Å². The lowest BCUT2D eigenvalue weighted by atomic mass is 9.99. The fourth-order valence-electron chi connectivity index (χ4n) is 13.3. The molecule has 6 atom stereocenters. The van der Waals surface area contributed by atoms with Gasteiger partial charge in [-0.3, -0.25) is 37.3 Å². The topological polar surface area (TPSA) is 237 Å². The van der Waals surface area contributed by atoms with E-state index < -0.39 is 97.5 Å². The van der Waals surface area contributed by atoms with Gasteiger partial charge in [0, 0.05) is 25.7 Å². The van der Waals surface area contributed by atoms with Gasteiger partial charge >= 0.3 is 39.5 Å². The number of carbonyl (C=O) groups is 4. The van der Waals surface area contributed by atoms with Crippen LogP contribution in [0.3, 0.4) is 0 Å². The molecular weight excluding hydrogens is 1350 g/mol. The van der Waals surface area contributed by atoms with E-state index in [0.717, 1.165) is 102 Å². The van der Waals surface area contributed by atoms with E-state index in [0.29, 0.717) is 25.7 Å². The Kier molecular flexibility index (Phi) is 76.3. The summed E-state index contributed by atoms with van der Waals surface area (Å²) in [5.41, 5.74) is 0. The van der Waals surface area contributed by atoms with Crippen molar-refractivity contribution in [1.82, 2.24) is 0 Å². The van der Waals surface area contributed by atoms with Crippen molar-refractivity contribution >= 4 is 39.5 Å². The average molecular weight is 1520 g/mol. The van der Waals surface area contributed by atoms with Crippen LogP contribution >= 0.6 is 15.6 Å². The van der Waals surface area contributed by atoms with Gasteiger partial charge < -0.3 is 33.8 Å². The first-order valence-corrected chi connectivity index (χ1v) is 47.2. The Hall–Kier alpha value is -1.94. The lowest BCUT2D eigenvalue weighted by Crippen LogP contribution is -2.30. The fourth-order valence-corrected chi connectivity index (χ4v) is 14.8. The molecule has 3 unspecified atom stereocenters. The van der Waals surface area contributed by atoms with Gasteiger partial charge in [0.2, 0.25) is 0 Å². The number of aliphatic hydroxyl groups is 1. The van der Waals surface area contributed by atoms with Gasteiger partial charge in [-0.05, 0) is 31.6 Å². The molecule has 0 aromatic heterocycles. The monoisotopic (exact) mass is 1520 g/mol. The molecule has 19 heteroatoms. The highest BCUT2D eigenvalue weighted by atomic mass is 31.2. The van der Waals surface area contributed by atoms with Crippen LogP contribution in [-0.2, 0) is 65.4 Å². The Balaban J connectivity index is 5.15. The van der Waals surface area contributed by atoms with Crippen molar-refractivity contribution in [2.75, 3.05) is 39.6 Å². The first kappa shape index (κ1) is 102. The Labute approximate surface area is 638 Å². The molecule has 0 bridgehead atoms. The average Bonchev–Trinajstić information content (AvgIpc) is 0.946. The van der Waals surface area contributed by atoms with Gasteiger partial charge in [-0.15, -0.1) is 0 Å². The zero-order chi connectivity index (χ0) is 76.2. The first-order valence-electron chi connectivity index (χ1n) is 44.2. The minimum Gasteiger partial charge on any atom is -0.462 e. The summed E-state index contributed by atoms with van der Waals surface area (Å²) >= 11 is 0. The van der Waals surface area contributed by atoms with Crippen molar-refractivity contribution in [3.8, 4) is 0 Å². The third-order valence-electron chi connectivity index (χ3n) is 20.4. The number of esters is 4. The van der Waals surface area contributed by atoms with E-state index in [1.54, 1.807) is 0 Å². The summed E-state index contributed by atoms with van der Waals surface area (Å²) in [4.78, 5) is 73.0. The number of rotatable bonds is 85. The van der Waals surface area contributed by atoms with Crippen LogP contribution in [0.5, 0.6) is 0 Å². The molecule has 0 radical (unpaired) electrons. The molecule has 0 aliphatic carbocycles. The zero-order valence-electron chi connectivity index (χ0n) is 68.2. The number of hydrogen-bond acceptors (Lipinski definition) is 15. The number of carbonyl (C=O) groups excluding carboxylic acids is 4. The summed E-state index contributed by atoms with van der Waals surface area (Å²) in [6, 6.07) is 0. The fraction of sp³-hybridized carbons (Fsp3) is 0.953. The smallest absolute Gasteiger partial charge is 0.462 e. The summed E-state index contributed by atoms with van der Waals surface area (Å²) in [6.07, 6.45) is 71.2. The normalized spacial score (nSPS) is 14.0. The standard InChI is InChI=1S/C85H166O17P2/c1-6-10-13-16-19-22-24-26-28-30-32-34-36-38-40-42-44-46-48-54-59-64-69-83(88)96-75-81(101-84(89)70-65-60-55-49-47-45-43-41-39-37-35-33-31-29-27-25-23-20-17-14-11-7-2)77-100-104(93,94)98-73-79(86)72-97-103(91,92)99-76-80(74-95-82(87)68-63-58-53-21-18-15-12-8-3)102-85(90)71-66-61-56-51-50-52-57-62-67-78(5)9-4/h78-81,86H,6-77H2,1-5H3,(H,91,92)(H,93,94)/t78?,79-,80+,81+/m0/s1. The van der Waals surface area contributed by atoms with E-state index in [1.807, 2.05) is 0 Å². The molecular formula is C85H166O17P2. The molecule has 3 N–H and O–H groups in total. The molecule has 0 aromatic carbocycles. The maximum Gasteiger partial charge on any atom is 0.472 e. The molecule has 0 spiro atoms. The van der Waals surface area contributed by atoms with Gasteiger partial charge in [0.05, 0.1) is 26.4 Å². The van der Waals surface area contributed by atoms with Crippen molar-refractivity contribution in [1.29, 1.82) is 0 Å². The van der Waals surface area contributed by atoms with Crippen LogP contribution in [0.4, 0.5) is 0 Å². The number of hydrogen-bond donors (Lipinski definition) is 3. The molecule has 104 heavy (non-hydrogen) atoms. The SMILES string of the molecule is CCCCCCCCCCCCCCCCCCCCCCCCC(=O)OC[C@H](COP(=O)(O)OC[C@@H](O)COP(=O)(O)OC[C@@H](COC(=O)CCCCCCCCCC)OC(=O)CCCCCCCCCCC(C)CC)OC(=O)CCCCCCCCCCCCCCCCCCCCCCCC. The molecule has 0 heterocycles. The van der Waals surface area contributed by atoms with Crippen molar-refractivity contribution < 1.29 is 80.2 Å². The number of phosphoric acid groups is 2. The van der Waals surface area contributed by atoms with Crippen LogP contribution in [0.2, 0.25) is 0 Å². The van der Waals surface area contributed by atoms with Crippen LogP contribution < -0.4 is 0 Å². The summed E-state index contributed by atoms with van der Waals surface area (Å²) in [7, 11) is -9.92. The van der Waals surface area contributed by atoms with Crippen molar-refractivity contribution in [3.05, 3.63) is 0 Å². The summed E-state index contributed by atoms with van der Waals surface area (Å²) < 4.78 is 68.7. The van der Waals surface area contributed by atoms with Crippen molar-refractivity contribution in [3.63, 3.8) is 0 Å². The highest BCUT2D eigenvalue weighted by molar-refractivity contribution is 7.47. The second kappa shape index (κ2) is 77.8. The molecule has 0 amide bonds. The largest absolute Gasteiger partial charge is 0.472 e. The Morgan fingerprint density at radius 2 is 0.462 bits per heavy atom. The van der Waals surface area contributed by atoms with Gasteiger partial charge in [-0.2, -0.15) is 0 Å². The van der Waals surface area contributed by atoms with Gasteiger partial charge in [0.25, 0.3) is 0 Å². The van der Waals surface area contributed by atoms with E-state index in [-0.39, 0.29) is 25.7 Å². The van der Waals surface area contributed by atoms with E-state index in [9.17, 15) is 43.2 Å². The Bertz CT molecular complexity index is 1980. The second-order valence-electron chi connectivity index (χ2n) is 30.8. The highest BCUT2D eigenvalue weighted by Gasteiger charge is 2.30. The molecule has 0 aromatic rings. The summed E-state index contributed by atoms with van der Waals surface area (Å²) in [5.74, 6) is -1.34. The van der Waals surface area contributed by atoms with Crippen LogP contribution in [-0.4, -0.2) is 96.7 Å². The molecule has 0 fully saturated rings. The van der Waals surface area contributed by atoms with E-state index >= 15 is 0 Å². The first-order chi connectivity index (χ1) is 50.6. The van der Waals surface area contributed by atoms with Gasteiger partial charge in [-0.1, -0.05) is 407 Å². The molecule has 0 saturated carbocycles. The lowest BCUT2D eigenvalue weighted by Gasteiger charge is -2.21. The lowest BCUT2D eigenvalue weighted by molar-refractivity contribution is -0.161. The maximum atomic E-state index is 13.1. The van der Waals surface area contributed by atoms with E-state index in [4.69, 9.17) is 37.0 Å². The molecule has 0 aliphatic rings. The predicted molar refractivity (Wildman–Crippen MR) is 428 cm³/mol. The molecule has 0 aliphatic heterocycles. The van der Waals surface area contributed by atoms with Gasteiger partial charge in [-0.25, -0.2) is 9.13 Å². The molecule has 0 saturated heterocycles. The zero-order valence-corrected chi connectivity index (χ0v) is 70.0. The van der Waals surface area contributed by atoms with Gasteiger partial charge in [0.15, 0.2) is 12.2 Å². The number of ether oxygens (including phenoxy) is 4. The Morgan fingerprint density at radius 1 is 0.269 bits per heavy atom. The van der Waals surface area contributed by atoms with Crippen molar-refractivity contribution in [2.45, 2.75) is 477 Å². The van der Waals surface area contributed by atoms with Crippen molar-refractivity contribution in [2.24, 2.45) is 5.92 Å². The van der Waals surface area contributed by atoms with Gasteiger partial charge in [0.1, 0.15) is 19.3 Å². The van der Waals surface area contributed by atoms with Crippen LogP contribution in [0.1, 0.15) is 458 Å². The number of unbranched alkanes of at least 4 members (excludes halogenated alkanes) is 56. The number of phosphoric ester groups is 2. The highest BCUT2D eigenvalue weighted by Crippen LogP contribution is 2.45. The quantitative estimate of drug-likeness (QED) is 0.0222. The predicted octanol–water partition coefficient (Wildman–Crippen LogP) is 26.0. The minimum atomic E-state index is -4.96.